The highest BCUT2D eigenvalue weighted by Gasteiger charge is 2.73. The van der Waals surface area contributed by atoms with Crippen LogP contribution in [0.2, 0.25) is 0 Å². The molecular formula is C13H12F7NO3. The van der Waals surface area contributed by atoms with Gasteiger partial charge in [-0.25, -0.2) is 0 Å². The molecule has 0 saturated carbocycles. The fraction of sp³-hybridized carbons (Fsp3) is 0.538. The number of hydrogen-bond donors (Lipinski definition) is 0. The summed E-state index contributed by atoms with van der Waals surface area (Å²) in [5.41, 5.74) is -2.86. The van der Waals surface area contributed by atoms with E-state index in [2.05, 4.69) is 0 Å². The molecule has 0 aliphatic heterocycles. The Hall–Kier alpha value is -1.91. The van der Waals surface area contributed by atoms with Gasteiger partial charge in [0.15, 0.2) is 0 Å². The van der Waals surface area contributed by atoms with Crippen molar-refractivity contribution >= 4 is 5.69 Å². The van der Waals surface area contributed by atoms with E-state index in [-0.39, 0.29) is 5.56 Å². The second-order valence-corrected chi connectivity index (χ2v) is 5.19. The molecule has 0 radical (unpaired) electrons. The van der Waals surface area contributed by atoms with Gasteiger partial charge in [-0.05, 0) is 24.6 Å². The van der Waals surface area contributed by atoms with E-state index in [0.717, 1.165) is 38.3 Å². The molecule has 0 heterocycles. The Labute approximate surface area is 131 Å². The first-order valence-electron chi connectivity index (χ1n) is 6.30. The summed E-state index contributed by atoms with van der Waals surface area (Å²) in [4.78, 5) is 9.74. The minimum absolute atomic E-state index is 0.215. The van der Waals surface area contributed by atoms with Crippen LogP contribution in [0.4, 0.5) is 36.4 Å². The van der Waals surface area contributed by atoms with Crippen LogP contribution in [-0.4, -0.2) is 30.1 Å². The largest absolute Gasteiger partial charge is 0.459 e. The van der Waals surface area contributed by atoms with Gasteiger partial charge in [-0.15, -0.1) is 0 Å². The van der Waals surface area contributed by atoms with E-state index in [0.29, 0.717) is 0 Å². The molecule has 1 unspecified atom stereocenters. The summed E-state index contributed by atoms with van der Waals surface area (Å²) in [5, 5.41) is 10.5. The van der Waals surface area contributed by atoms with Crippen molar-refractivity contribution in [2.24, 2.45) is 0 Å². The number of rotatable bonds is 6. The van der Waals surface area contributed by atoms with Crippen LogP contribution in [0.3, 0.4) is 0 Å². The van der Waals surface area contributed by atoms with E-state index < -0.39 is 40.7 Å². The summed E-state index contributed by atoms with van der Waals surface area (Å²) in [7, 11) is 0.850. The minimum atomic E-state index is -6.44. The van der Waals surface area contributed by atoms with Crippen molar-refractivity contribution in [3.05, 3.63) is 39.9 Å². The number of alkyl halides is 7. The lowest BCUT2D eigenvalue weighted by Crippen LogP contribution is -2.54. The molecule has 0 saturated heterocycles. The normalized spacial score (nSPS) is 15.9. The summed E-state index contributed by atoms with van der Waals surface area (Å²) in [5.74, 6) is -11.7. The summed E-state index contributed by atoms with van der Waals surface area (Å²) in [6, 6.07) is 3.69. The summed E-state index contributed by atoms with van der Waals surface area (Å²) in [6.07, 6.45) is -8.43. The molecular weight excluding hydrogens is 351 g/mol. The van der Waals surface area contributed by atoms with Gasteiger partial charge in [0.1, 0.15) is 0 Å². The number of hydrogen-bond acceptors (Lipinski definition) is 3. The molecule has 1 rings (SSSR count). The van der Waals surface area contributed by atoms with Crippen molar-refractivity contribution in [1.82, 2.24) is 0 Å². The molecule has 11 heteroatoms. The lowest BCUT2D eigenvalue weighted by Gasteiger charge is -2.36. The first-order valence-corrected chi connectivity index (χ1v) is 6.30. The minimum Gasteiger partial charge on any atom is -0.374 e. The van der Waals surface area contributed by atoms with Crippen LogP contribution in [0.5, 0.6) is 0 Å². The Kier molecular flexibility index (Phi) is 5.19. The molecule has 0 spiro atoms. The molecule has 0 aromatic heterocycles. The van der Waals surface area contributed by atoms with Gasteiger partial charge in [-0.3, -0.25) is 10.1 Å². The van der Waals surface area contributed by atoms with Gasteiger partial charge in [0.2, 0.25) is 0 Å². The number of ether oxygens (including phenoxy) is 1. The summed E-state index contributed by atoms with van der Waals surface area (Å²) < 4.78 is 94.6. The molecule has 0 N–H and O–H groups in total. The van der Waals surface area contributed by atoms with Gasteiger partial charge in [0.25, 0.3) is 5.69 Å². The molecule has 0 bridgehead atoms. The molecule has 0 amide bonds. The lowest BCUT2D eigenvalue weighted by molar-refractivity contribution is -0.384. The van der Waals surface area contributed by atoms with Crippen LogP contribution in [0.15, 0.2) is 24.3 Å². The number of benzene rings is 1. The van der Waals surface area contributed by atoms with E-state index in [1.54, 1.807) is 0 Å². The summed E-state index contributed by atoms with van der Waals surface area (Å²) in [6.45, 7) is 0.883. The third-order valence-electron chi connectivity index (χ3n) is 3.51. The van der Waals surface area contributed by atoms with Crippen molar-refractivity contribution in [1.29, 1.82) is 0 Å². The van der Waals surface area contributed by atoms with Gasteiger partial charge in [-0.2, -0.15) is 30.7 Å². The van der Waals surface area contributed by atoms with Crippen molar-refractivity contribution in [3.63, 3.8) is 0 Å². The molecule has 4 nitrogen and oxygen atoms in total. The monoisotopic (exact) mass is 363 g/mol. The zero-order chi connectivity index (χ0) is 19.0. The molecule has 1 atom stereocenters. The second kappa shape index (κ2) is 6.19. The molecule has 1 aromatic carbocycles. The van der Waals surface area contributed by atoms with Crippen LogP contribution >= 0.6 is 0 Å². The van der Waals surface area contributed by atoms with Gasteiger partial charge in [0, 0.05) is 19.2 Å². The quantitative estimate of drug-likeness (QED) is 0.419. The highest BCUT2D eigenvalue weighted by molar-refractivity contribution is 5.35. The Morgan fingerprint density at radius 3 is 1.83 bits per heavy atom. The standard InChI is InChI=1S/C13H12F7NO3/c1-10(24-2,8-3-5-9(6-4-8)21(22)23)7-11(14,15)12(16,17)13(18,19)20/h3-6H,7H2,1-2H3. The average Bonchev–Trinajstić information content (AvgIpc) is 2.45. The first-order chi connectivity index (χ1) is 10.7. The van der Waals surface area contributed by atoms with Gasteiger partial charge >= 0.3 is 18.0 Å². The van der Waals surface area contributed by atoms with Crippen molar-refractivity contribution in [3.8, 4) is 0 Å². The SMILES string of the molecule is COC(C)(CC(F)(F)C(F)(F)C(F)(F)F)c1ccc([N+](=O)[O-])cc1. The predicted octanol–water partition coefficient (Wildman–Crippen LogP) is 4.68. The molecule has 0 fully saturated rings. The number of nitrogens with zero attached hydrogens (tertiary/aromatic N) is 1. The molecule has 0 aliphatic rings. The Morgan fingerprint density at radius 2 is 1.50 bits per heavy atom. The molecule has 136 valence electrons. The van der Waals surface area contributed by atoms with Crippen LogP contribution in [-0.2, 0) is 10.3 Å². The van der Waals surface area contributed by atoms with E-state index in [1.165, 1.54) is 0 Å². The third-order valence-corrected chi connectivity index (χ3v) is 3.51. The highest BCUT2D eigenvalue weighted by Crippen LogP contribution is 2.51. The maximum Gasteiger partial charge on any atom is 0.459 e. The van der Waals surface area contributed by atoms with E-state index in [4.69, 9.17) is 4.74 Å². The maximum absolute atomic E-state index is 13.6. The van der Waals surface area contributed by atoms with E-state index in [9.17, 15) is 40.8 Å². The molecule has 1 aromatic rings. The Morgan fingerprint density at radius 1 is 1.04 bits per heavy atom. The first kappa shape index (κ1) is 20.1. The fourth-order valence-corrected chi connectivity index (χ4v) is 1.97. The van der Waals surface area contributed by atoms with Crippen molar-refractivity contribution < 1.29 is 40.4 Å². The highest BCUT2D eigenvalue weighted by atomic mass is 19.4. The number of nitro groups is 1. The lowest BCUT2D eigenvalue weighted by atomic mass is 9.87. The number of methoxy groups -OCH3 is 1. The summed E-state index contributed by atoms with van der Waals surface area (Å²) >= 11 is 0. The van der Waals surface area contributed by atoms with Crippen LogP contribution in [0.1, 0.15) is 18.9 Å². The second-order valence-electron chi connectivity index (χ2n) is 5.19. The van der Waals surface area contributed by atoms with E-state index in [1.807, 2.05) is 0 Å². The van der Waals surface area contributed by atoms with Gasteiger partial charge in [0.05, 0.1) is 16.9 Å². The molecule has 24 heavy (non-hydrogen) atoms. The predicted molar refractivity (Wildman–Crippen MR) is 68.0 cm³/mol. The zero-order valence-corrected chi connectivity index (χ0v) is 12.3. The number of halogens is 7. The van der Waals surface area contributed by atoms with Crippen LogP contribution in [0, 0.1) is 10.1 Å². The van der Waals surface area contributed by atoms with Crippen LogP contribution in [0.25, 0.3) is 0 Å². The Bertz CT molecular complexity index is 601. The van der Waals surface area contributed by atoms with Crippen molar-refractivity contribution in [2.75, 3.05) is 7.11 Å². The number of nitro benzene ring substituents is 1. The smallest absolute Gasteiger partial charge is 0.374 e. The third kappa shape index (κ3) is 3.60. The topological polar surface area (TPSA) is 52.4 Å². The average molecular weight is 363 g/mol. The Balaban J connectivity index is 3.22. The van der Waals surface area contributed by atoms with Crippen molar-refractivity contribution in [2.45, 2.75) is 37.0 Å². The maximum atomic E-state index is 13.6. The van der Waals surface area contributed by atoms with Gasteiger partial charge in [-0.1, -0.05) is 0 Å². The van der Waals surface area contributed by atoms with Crippen LogP contribution < -0.4 is 0 Å². The zero-order valence-electron chi connectivity index (χ0n) is 12.3. The fourth-order valence-electron chi connectivity index (χ4n) is 1.97. The molecule has 0 aliphatic carbocycles. The number of non-ortho nitro benzene ring substituents is 1. The van der Waals surface area contributed by atoms with E-state index >= 15 is 0 Å². The van der Waals surface area contributed by atoms with Gasteiger partial charge < -0.3 is 4.74 Å².